The van der Waals surface area contributed by atoms with Crippen molar-refractivity contribution in [2.45, 2.75) is 19.4 Å². The van der Waals surface area contributed by atoms with E-state index in [1.54, 1.807) is 29.7 Å². The van der Waals surface area contributed by atoms with Gasteiger partial charge >= 0.3 is 11.8 Å². The van der Waals surface area contributed by atoms with E-state index in [-0.39, 0.29) is 17.6 Å². The van der Waals surface area contributed by atoms with Gasteiger partial charge in [-0.3, -0.25) is 4.79 Å². The molecule has 0 bridgehead atoms. The molecular weight excluding hydrogens is 410 g/mol. The summed E-state index contributed by atoms with van der Waals surface area (Å²) in [5.74, 6) is -0.172. The number of nitrogens with zero attached hydrogens (tertiary/aromatic N) is 8. The molecule has 6 rings (SSSR count). The third-order valence-electron chi connectivity index (χ3n) is 5.56. The highest BCUT2D eigenvalue weighted by molar-refractivity contribution is 5.90. The van der Waals surface area contributed by atoms with Gasteiger partial charge in [0.15, 0.2) is 0 Å². The summed E-state index contributed by atoms with van der Waals surface area (Å²) in [6.07, 6.45) is 7.30. The maximum atomic E-state index is 13.5. The molecule has 0 spiro atoms. The number of aryl methyl sites for hydroxylation is 1. The smallest absolute Gasteiger partial charge is 0.312 e. The van der Waals surface area contributed by atoms with Crippen LogP contribution in [0.4, 0.5) is 0 Å². The van der Waals surface area contributed by atoms with Crippen LogP contribution in [0.25, 0.3) is 17.2 Å². The van der Waals surface area contributed by atoms with Crippen LogP contribution >= 0.6 is 0 Å². The molecule has 11 heteroatoms. The molecule has 158 valence electrons. The molecule has 0 aliphatic carbocycles. The van der Waals surface area contributed by atoms with Crippen molar-refractivity contribution in [2.75, 3.05) is 6.54 Å². The molecule has 1 amide bonds. The fourth-order valence-electron chi connectivity index (χ4n) is 4.04. The Bertz CT molecular complexity index is 1440. The van der Waals surface area contributed by atoms with Gasteiger partial charge in [0.1, 0.15) is 6.04 Å². The number of nitrogens with one attached hydrogen (secondary N) is 1. The Morgan fingerprint density at radius 3 is 2.91 bits per heavy atom. The number of hydrogen-bond donors (Lipinski definition) is 1. The van der Waals surface area contributed by atoms with Gasteiger partial charge < -0.3 is 14.3 Å². The van der Waals surface area contributed by atoms with Crippen molar-refractivity contribution >= 4 is 11.4 Å². The SMILES string of the molecule is Cc1cccn2nc([C@H]3c4nc[nH]c4CCN3C(=O)c3nnc(-c4ncccn4)o3)cc12. The van der Waals surface area contributed by atoms with E-state index in [0.29, 0.717) is 18.7 Å². The number of hydrogen-bond acceptors (Lipinski definition) is 8. The van der Waals surface area contributed by atoms with E-state index in [0.717, 1.165) is 22.5 Å². The molecule has 0 fully saturated rings. The van der Waals surface area contributed by atoms with E-state index in [1.807, 2.05) is 35.8 Å². The summed E-state index contributed by atoms with van der Waals surface area (Å²) in [5.41, 5.74) is 4.52. The minimum Gasteiger partial charge on any atom is -0.409 e. The highest BCUT2D eigenvalue weighted by Gasteiger charge is 2.38. The number of carbonyl (C=O) groups is 1. The zero-order chi connectivity index (χ0) is 21.7. The molecule has 0 saturated heterocycles. The normalized spacial score (nSPS) is 15.8. The van der Waals surface area contributed by atoms with Crippen LogP contribution in [0.1, 0.15) is 39.4 Å². The second-order valence-electron chi connectivity index (χ2n) is 7.49. The van der Waals surface area contributed by atoms with Gasteiger partial charge in [-0.25, -0.2) is 19.5 Å². The molecule has 5 aromatic heterocycles. The number of imidazole rings is 1. The summed E-state index contributed by atoms with van der Waals surface area (Å²) < 4.78 is 7.44. The first-order valence-electron chi connectivity index (χ1n) is 10.1. The number of rotatable bonds is 3. The van der Waals surface area contributed by atoms with Crippen LogP contribution in [-0.2, 0) is 6.42 Å². The maximum absolute atomic E-state index is 13.5. The van der Waals surface area contributed by atoms with Crippen molar-refractivity contribution in [3.63, 3.8) is 0 Å². The van der Waals surface area contributed by atoms with Gasteiger partial charge in [0.2, 0.25) is 5.82 Å². The van der Waals surface area contributed by atoms with Gasteiger partial charge in [-0.05, 0) is 30.7 Å². The van der Waals surface area contributed by atoms with Crippen molar-refractivity contribution in [1.29, 1.82) is 0 Å². The number of aromatic nitrogens is 8. The van der Waals surface area contributed by atoms with Gasteiger partial charge in [0, 0.05) is 37.3 Å². The molecule has 5 aromatic rings. The lowest BCUT2D eigenvalue weighted by Gasteiger charge is -2.32. The number of H-pyrrole nitrogens is 1. The van der Waals surface area contributed by atoms with Crippen LogP contribution in [0.3, 0.4) is 0 Å². The summed E-state index contributed by atoms with van der Waals surface area (Å²) in [7, 11) is 0. The Labute approximate surface area is 181 Å². The highest BCUT2D eigenvalue weighted by atomic mass is 16.4. The van der Waals surface area contributed by atoms with Crippen molar-refractivity contribution in [1.82, 2.24) is 44.6 Å². The van der Waals surface area contributed by atoms with E-state index in [4.69, 9.17) is 9.52 Å². The molecule has 0 radical (unpaired) electrons. The zero-order valence-electron chi connectivity index (χ0n) is 17.0. The Hall–Kier alpha value is -4.41. The number of amides is 1. The maximum Gasteiger partial charge on any atom is 0.312 e. The summed E-state index contributed by atoms with van der Waals surface area (Å²) >= 11 is 0. The Kier molecular flexibility index (Phi) is 4.06. The van der Waals surface area contributed by atoms with Crippen molar-refractivity contribution in [3.8, 4) is 11.7 Å². The lowest BCUT2D eigenvalue weighted by Crippen LogP contribution is -2.41. The van der Waals surface area contributed by atoms with Crippen LogP contribution in [0, 0.1) is 6.92 Å². The van der Waals surface area contributed by atoms with E-state index in [9.17, 15) is 4.79 Å². The Balaban J connectivity index is 1.41. The summed E-state index contributed by atoms with van der Waals surface area (Å²) in [4.78, 5) is 31.0. The fraction of sp³-hybridized carbons (Fsp3) is 0.190. The molecule has 32 heavy (non-hydrogen) atoms. The molecule has 1 aliphatic heterocycles. The molecule has 1 N–H and O–H groups in total. The van der Waals surface area contributed by atoms with Gasteiger partial charge in [0.25, 0.3) is 5.89 Å². The van der Waals surface area contributed by atoms with Crippen LogP contribution in [0.15, 0.2) is 53.6 Å². The van der Waals surface area contributed by atoms with Gasteiger partial charge in [-0.15, -0.1) is 10.2 Å². The lowest BCUT2D eigenvalue weighted by atomic mass is 9.99. The largest absolute Gasteiger partial charge is 0.409 e. The minimum absolute atomic E-state index is 0.0892. The Morgan fingerprint density at radius 2 is 2.06 bits per heavy atom. The molecule has 11 nitrogen and oxygen atoms in total. The lowest BCUT2D eigenvalue weighted by molar-refractivity contribution is 0.0646. The zero-order valence-corrected chi connectivity index (χ0v) is 17.0. The van der Waals surface area contributed by atoms with Crippen molar-refractivity contribution in [2.24, 2.45) is 0 Å². The summed E-state index contributed by atoms with van der Waals surface area (Å²) in [5, 5.41) is 12.6. The van der Waals surface area contributed by atoms with E-state index < -0.39 is 11.9 Å². The third kappa shape index (κ3) is 2.86. The number of pyridine rings is 1. The molecular formula is C21H17N9O2. The number of fused-ring (bicyclic) bond motifs is 2. The number of aromatic amines is 1. The Morgan fingerprint density at radius 1 is 1.19 bits per heavy atom. The van der Waals surface area contributed by atoms with E-state index in [2.05, 4.69) is 30.1 Å². The standard InChI is InChI=1S/C21H17N9O2/c1-12-4-2-8-30-15(12)10-14(28-30)17-16-13(24-11-25-16)5-9-29(17)21(31)20-27-26-19(32-20)18-22-6-3-7-23-18/h2-4,6-8,10-11,17H,5,9H2,1H3,(H,24,25)/t17-/m0/s1. The predicted octanol–water partition coefficient (Wildman–Crippen LogP) is 1.99. The van der Waals surface area contributed by atoms with Crippen LogP contribution in [-0.4, -0.2) is 57.1 Å². The molecule has 0 aromatic carbocycles. The van der Waals surface area contributed by atoms with E-state index >= 15 is 0 Å². The average Bonchev–Trinajstić information content (AvgIpc) is 3.58. The number of carbonyl (C=O) groups excluding carboxylic acids is 1. The summed E-state index contributed by atoms with van der Waals surface area (Å²) in [6, 6.07) is 7.15. The van der Waals surface area contributed by atoms with Gasteiger partial charge in [0.05, 0.1) is 23.2 Å². The second kappa shape index (κ2) is 7.08. The van der Waals surface area contributed by atoms with Gasteiger partial charge in [-0.1, -0.05) is 6.07 Å². The van der Waals surface area contributed by atoms with Crippen molar-refractivity contribution < 1.29 is 9.21 Å². The van der Waals surface area contributed by atoms with Crippen LogP contribution in [0.5, 0.6) is 0 Å². The summed E-state index contributed by atoms with van der Waals surface area (Å²) in [6.45, 7) is 2.47. The highest BCUT2D eigenvalue weighted by Crippen LogP contribution is 2.34. The second-order valence-corrected chi connectivity index (χ2v) is 7.49. The van der Waals surface area contributed by atoms with E-state index in [1.165, 1.54) is 0 Å². The molecule has 0 saturated carbocycles. The van der Waals surface area contributed by atoms with Gasteiger partial charge in [-0.2, -0.15) is 5.10 Å². The fourth-order valence-corrected chi connectivity index (χ4v) is 4.04. The first-order valence-corrected chi connectivity index (χ1v) is 10.1. The average molecular weight is 427 g/mol. The van der Waals surface area contributed by atoms with Crippen molar-refractivity contribution in [3.05, 3.63) is 77.7 Å². The quantitative estimate of drug-likeness (QED) is 0.462. The first-order chi connectivity index (χ1) is 15.7. The van der Waals surface area contributed by atoms with Crippen LogP contribution < -0.4 is 0 Å². The minimum atomic E-state index is -0.486. The predicted molar refractivity (Wildman–Crippen MR) is 110 cm³/mol. The molecule has 1 aliphatic rings. The topological polar surface area (TPSA) is 131 Å². The molecule has 1 atom stereocenters. The van der Waals surface area contributed by atoms with Crippen LogP contribution in [0.2, 0.25) is 0 Å². The molecule has 6 heterocycles. The molecule has 0 unspecified atom stereocenters. The third-order valence-corrected chi connectivity index (χ3v) is 5.56. The monoisotopic (exact) mass is 427 g/mol. The first kappa shape index (κ1) is 18.4.